The van der Waals surface area contributed by atoms with Crippen molar-refractivity contribution in [3.63, 3.8) is 0 Å². The maximum absolute atomic E-state index is 12.1. The van der Waals surface area contributed by atoms with Crippen LogP contribution >= 0.6 is 0 Å². The van der Waals surface area contributed by atoms with Crippen LogP contribution in [0.3, 0.4) is 0 Å². The first-order chi connectivity index (χ1) is 9.21. The fourth-order valence-corrected chi connectivity index (χ4v) is 1.75. The van der Waals surface area contributed by atoms with E-state index in [1.807, 2.05) is 25.1 Å². The predicted molar refractivity (Wildman–Crippen MR) is 75.7 cm³/mol. The van der Waals surface area contributed by atoms with Crippen molar-refractivity contribution >= 4 is 0 Å². The van der Waals surface area contributed by atoms with Crippen molar-refractivity contribution in [2.75, 3.05) is 19.9 Å². The molecule has 0 spiro atoms. The van der Waals surface area contributed by atoms with E-state index in [4.69, 9.17) is 15.2 Å². The van der Waals surface area contributed by atoms with Gasteiger partial charge in [-0.1, -0.05) is 13.0 Å². The summed E-state index contributed by atoms with van der Waals surface area (Å²) in [7, 11) is 0. The molecule has 0 aliphatic carbocycles. The number of hydrogen-bond donors (Lipinski definition) is 1. The van der Waals surface area contributed by atoms with Crippen molar-refractivity contribution in [3.8, 4) is 11.5 Å². The maximum Gasteiger partial charge on any atom is 0.161 e. The van der Waals surface area contributed by atoms with E-state index in [2.05, 4.69) is 6.92 Å². The lowest BCUT2D eigenvalue weighted by molar-refractivity contribution is 0.262. The van der Waals surface area contributed by atoms with Gasteiger partial charge in [0.15, 0.2) is 11.5 Å². The summed E-state index contributed by atoms with van der Waals surface area (Å²) in [5.74, 6) is 1.38. The summed E-state index contributed by atoms with van der Waals surface area (Å²) in [6, 6.07) is 5.99. The van der Waals surface area contributed by atoms with Crippen LogP contribution in [0.25, 0.3) is 0 Å². The average Bonchev–Trinajstić information content (AvgIpc) is 2.41. The minimum atomic E-state index is -0.368. The van der Waals surface area contributed by atoms with Gasteiger partial charge in [-0.2, -0.15) is 0 Å². The number of nitrogens with two attached hydrogens (primary N) is 1. The third-order valence-electron chi connectivity index (χ3n) is 2.87. The van der Waals surface area contributed by atoms with Crippen molar-refractivity contribution in [2.24, 2.45) is 5.73 Å². The van der Waals surface area contributed by atoms with Gasteiger partial charge in [-0.15, -0.1) is 0 Å². The second-order valence-electron chi connectivity index (χ2n) is 4.48. The van der Waals surface area contributed by atoms with Crippen LogP contribution in [0.1, 0.15) is 32.3 Å². The van der Waals surface area contributed by atoms with Gasteiger partial charge in [0.05, 0.1) is 19.9 Å². The second-order valence-corrected chi connectivity index (χ2v) is 4.48. The molecule has 0 saturated heterocycles. The van der Waals surface area contributed by atoms with E-state index in [0.29, 0.717) is 31.1 Å². The van der Waals surface area contributed by atoms with Gasteiger partial charge < -0.3 is 15.2 Å². The molecule has 0 fully saturated rings. The third-order valence-corrected chi connectivity index (χ3v) is 2.87. The summed E-state index contributed by atoms with van der Waals surface area (Å²) >= 11 is 0. The molecule has 1 aromatic rings. The largest absolute Gasteiger partial charge is 0.490 e. The number of benzene rings is 1. The summed E-state index contributed by atoms with van der Waals surface area (Å²) in [5.41, 5.74) is 7.09. The van der Waals surface area contributed by atoms with Gasteiger partial charge in [0.25, 0.3) is 0 Å². The van der Waals surface area contributed by atoms with E-state index < -0.39 is 0 Å². The lowest BCUT2D eigenvalue weighted by atomic mass is 10.0. The first-order valence-electron chi connectivity index (χ1n) is 6.91. The minimum absolute atomic E-state index is 0.160. The molecular weight excluding hydrogens is 245 g/mol. The molecule has 0 heterocycles. The predicted octanol–water partition coefficient (Wildman–Crippen LogP) is 3.10. The maximum atomic E-state index is 12.1. The molecule has 0 saturated carbocycles. The zero-order chi connectivity index (χ0) is 14.1. The topological polar surface area (TPSA) is 44.5 Å². The summed E-state index contributed by atoms with van der Waals surface area (Å²) in [6.45, 7) is 4.57. The summed E-state index contributed by atoms with van der Waals surface area (Å²) in [4.78, 5) is 0. The van der Waals surface area contributed by atoms with Gasteiger partial charge in [-0.05, 0) is 37.5 Å². The Morgan fingerprint density at radius 1 is 1.21 bits per heavy atom. The molecule has 0 aromatic heterocycles. The molecule has 19 heavy (non-hydrogen) atoms. The first-order valence-corrected chi connectivity index (χ1v) is 6.91. The highest BCUT2D eigenvalue weighted by Gasteiger charge is 2.08. The molecule has 0 bridgehead atoms. The van der Waals surface area contributed by atoms with Gasteiger partial charge in [-0.3, -0.25) is 4.39 Å². The van der Waals surface area contributed by atoms with Crippen LogP contribution in [0, 0.1) is 0 Å². The zero-order valence-corrected chi connectivity index (χ0v) is 11.8. The Morgan fingerprint density at radius 3 is 2.63 bits per heavy atom. The molecule has 0 amide bonds. The Balaban J connectivity index is 2.75. The Labute approximate surface area is 114 Å². The zero-order valence-electron chi connectivity index (χ0n) is 11.8. The molecular formula is C15H24FNO2. The molecule has 0 aliphatic rings. The average molecular weight is 269 g/mol. The van der Waals surface area contributed by atoms with Crippen molar-refractivity contribution < 1.29 is 13.9 Å². The lowest BCUT2D eigenvalue weighted by Gasteiger charge is -2.14. The molecule has 0 aliphatic heterocycles. The van der Waals surface area contributed by atoms with E-state index in [1.54, 1.807) is 0 Å². The van der Waals surface area contributed by atoms with Crippen molar-refractivity contribution in [1.82, 2.24) is 0 Å². The Bertz CT molecular complexity index is 371. The van der Waals surface area contributed by atoms with Crippen molar-refractivity contribution in [3.05, 3.63) is 23.8 Å². The van der Waals surface area contributed by atoms with Crippen LogP contribution in [0.15, 0.2) is 18.2 Å². The van der Waals surface area contributed by atoms with Crippen LogP contribution in [-0.4, -0.2) is 25.9 Å². The fraction of sp³-hybridized carbons (Fsp3) is 0.600. The van der Waals surface area contributed by atoms with Gasteiger partial charge in [-0.25, -0.2) is 0 Å². The van der Waals surface area contributed by atoms with Crippen LogP contribution in [0.5, 0.6) is 11.5 Å². The number of alkyl halides is 1. The summed E-state index contributed by atoms with van der Waals surface area (Å²) < 4.78 is 23.2. The highest BCUT2D eigenvalue weighted by Crippen LogP contribution is 2.29. The van der Waals surface area contributed by atoms with Crippen molar-refractivity contribution in [2.45, 2.75) is 39.2 Å². The van der Waals surface area contributed by atoms with Gasteiger partial charge >= 0.3 is 0 Å². The molecule has 1 aromatic carbocycles. The van der Waals surface area contributed by atoms with Crippen LogP contribution < -0.4 is 15.2 Å². The smallest absolute Gasteiger partial charge is 0.161 e. The first kappa shape index (κ1) is 15.8. The quantitative estimate of drug-likeness (QED) is 0.701. The number of halogens is 1. The highest BCUT2D eigenvalue weighted by molar-refractivity contribution is 5.43. The summed E-state index contributed by atoms with van der Waals surface area (Å²) in [5, 5.41) is 0. The highest BCUT2D eigenvalue weighted by atomic mass is 19.1. The number of ether oxygens (including phenoxy) is 2. The normalized spacial score (nSPS) is 12.2. The van der Waals surface area contributed by atoms with Crippen LogP contribution in [0.2, 0.25) is 0 Å². The Morgan fingerprint density at radius 2 is 2.00 bits per heavy atom. The molecule has 0 radical (unpaired) electrons. The molecule has 3 nitrogen and oxygen atoms in total. The van der Waals surface area contributed by atoms with Gasteiger partial charge in [0.2, 0.25) is 0 Å². The van der Waals surface area contributed by atoms with E-state index in [1.165, 1.54) is 0 Å². The second kappa shape index (κ2) is 8.75. The third kappa shape index (κ3) is 5.47. The SMILES string of the molecule is CCOc1cc(CC(N)CC)ccc1OCCCF. The molecule has 108 valence electrons. The van der Waals surface area contributed by atoms with Crippen molar-refractivity contribution in [1.29, 1.82) is 0 Å². The molecule has 1 atom stereocenters. The standard InChI is InChI=1S/C15H24FNO2/c1-3-13(17)10-12-6-7-14(19-9-5-8-16)15(11-12)18-4-2/h6-7,11,13H,3-5,8-10,17H2,1-2H3. The Hall–Kier alpha value is -1.29. The van der Waals surface area contributed by atoms with Crippen LogP contribution in [0.4, 0.5) is 4.39 Å². The van der Waals surface area contributed by atoms with E-state index >= 15 is 0 Å². The van der Waals surface area contributed by atoms with Gasteiger partial charge in [0.1, 0.15) is 0 Å². The molecule has 1 rings (SSSR count). The lowest BCUT2D eigenvalue weighted by Crippen LogP contribution is -2.21. The number of hydrogen-bond acceptors (Lipinski definition) is 3. The van der Waals surface area contributed by atoms with E-state index in [0.717, 1.165) is 18.4 Å². The van der Waals surface area contributed by atoms with Crippen LogP contribution in [-0.2, 0) is 6.42 Å². The number of rotatable bonds is 9. The Kier molecular flexibility index (Phi) is 7.26. The summed E-state index contributed by atoms with van der Waals surface area (Å²) in [6.07, 6.45) is 2.16. The monoisotopic (exact) mass is 269 g/mol. The minimum Gasteiger partial charge on any atom is -0.490 e. The van der Waals surface area contributed by atoms with E-state index in [-0.39, 0.29) is 12.7 Å². The molecule has 1 unspecified atom stereocenters. The molecule has 2 N–H and O–H groups in total. The van der Waals surface area contributed by atoms with E-state index in [9.17, 15) is 4.39 Å². The molecule has 4 heteroatoms. The van der Waals surface area contributed by atoms with Gasteiger partial charge in [0, 0.05) is 12.5 Å². The fourth-order valence-electron chi connectivity index (χ4n) is 1.75.